The Labute approximate surface area is 91.9 Å². The van der Waals surface area contributed by atoms with Crippen LogP contribution in [0.1, 0.15) is 0 Å². The van der Waals surface area contributed by atoms with Crippen LogP contribution in [0.3, 0.4) is 0 Å². The zero-order valence-corrected chi connectivity index (χ0v) is 8.51. The number of fused-ring (bicyclic) bond motifs is 3. The van der Waals surface area contributed by atoms with Crippen molar-refractivity contribution < 1.29 is 0 Å². The van der Waals surface area contributed by atoms with E-state index in [0.29, 0.717) is 11.4 Å². The predicted molar refractivity (Wildman–Crippen MR) is 65.9 cm³/mol. The first-order valence-corrected chi connectivity index (χ1v) is 4.95. The molecule has 3 rings (SSSR count). The van der Waals surface area contributed by atoms with Crippen LogP contribution < -0.4 is 11.5 Å². The van der Waals surface area contributed by atoms with Gasteiger partial charge in [0.1, 0.15) is 0 Å². The van der Waals surface area contributed by atoms with Crippen molar-refractivity contribution in [2.45, 2.75) is 0 Å². The van der Waals surface area contributed by atoms with Crippen molar-refractivity contribution in [3.8, 4) is 0 Å². The SMILES string of the molecule is Nc1c(N)c2cccnc2c2ncccc12. The molecule has 4 N–H and O–H groups in total. The van der Waals surface area contributed by atoms with E-state index in [4.69, 9.17) is 11.5 Å². The number of hydrogen-bond donors (Lipinski definition) is 2. The summed E-state index contributed by atoms with van der Waals surface area (Å²) >= 11 is 0. The van der Waals surface area contributed by atoms with Gasteiger partial charge in [-0.15, -0.1) is 0 Å². The fourth-order valence-electron chi connectivity index (χ4n) is 1.91. The molecule has 0 aliphatic heterocycles. The molecule has 0 atom stereocenters. The molecule has 2 heterocycles. The van der Waals surface area contributed by atoms with Crippen LogP contribution in [0.5, 0.6) is 0 Å². The first-order chi connectivity index (χ1) is 7.79. The Morgan fingerprint density at radius 2 is 1.19 bits per heavy atom. The summed E-state index contributed by atoms with van der Waals surface area (Å²) in [4.78, 5) is 8.63. The molecule has 0 spiro atoms. The Morgan fingerprint density at radius 1 is 0.750 bits per heavy atom. The molecule has 4 heteroatoms. The van der Waals surface area contributed by atoms with Crippen LogP contribution >= 0.6 is 0 Å². The standard InChI is InChI=1S/C12H10N4/c13-9-7-3-1-5-15-11(7)12-8(10(9)14)4-2-6-16-12/h1-6H,13-14H2. The second kappa shape index (κ2) is 3.06. The molecule has 0 aliphatic carbocycles. The van der Waals surface area contributed by atoms with Crippen molar-refractivity contribution in [2.24, 2.45) is 0 Å². The molecule has 0 bridgehead atoms. The summed E-state index contributed by atoms with van der Waals surface area (Å²) in [5.41, 5.74) is 14.7. The van der Waals surface area contributed by atoms with Gasteiger partial charge in [0.05, 0.1) is 22.4 Å². The number of aromatic nitrogens is 2. The number of anilines is 2. The van der Waals surface area contributed by atoms with E-state index >= 15 is 0 Å². The van der Waals surface area contributed by atoms with Crippen LogP contribution in [0.25, 0.3) is 21.8 Å². The van der Waals surface area contributed by atoms with Gasteiger partial charge in [-0.2, -0.15) is 0 Å². The van der Waals surface area contributed by atoms with Crippen LogP contribution in [0.15, 0.2) is 36.7 Å². The summed E-state index contributed by atoms with van der Waals surface area (Å²) in [7, 11) is 0. The van der Waals surface area contributed by atoms with Gasteiger partial charge < -0.3 is 11.5 Å². The molecule has 1 aromatic carbocycles. The third-order valence-corrected chi connectivity index (χ3v) is 2.71. The lowest BCUT2D eigenvalue weighted by Gasteiger charge is -2.09. The van der Waals surface area contributed by atoms with Crippen molar-refractivity contribution in [1.29, 1.82) is 0 Å². The van der Waals surface area contributed by atoms with E-state index in [9.17, 15) is 0 Å². The van der Waals surface area contributed by atoms with Gasteiger partial charge in [-0.3, -0.25) is 9.97 Å². The van der Waals surface area contributed by atoms with Gasteiger partial charge in [-0.05, 0) is 24.3 Å². The maximum atomic E-state index is 5.99. The molecule has 0 amide bonds. The number of nitrogens with zero attached hydrogens (tertiary/aromatic N) is 2. The molecule has 0 radical (unpaired) electrons. The van der Waals surface area contributed by atoms with E-state index in [0.717, 1.165) is 21.8 Å². The molecule has 0 saturated carbocycles. The van der Waals surface area contributed by atoms with Crippen molar-refractivity contribution in [1.82, 2.24) is 9.97 Å². The Hall–Kier alpha value is -2.36. The molecule has 4 nitrogen and oxygen atoms in total. The number of nitrogens with two attached hydrogens (primary N) is 2. The van der Waals surface area contributed by atoms with Gasteiger partial charge in [0.25, 0.3) is 0 Å². The number of benzene rings is 1. The molecule has 2 aromatic heterocycles. The van der Waals surface area contributed by atoms with Gasteiger partial charge >= 0.3 is 0 Å². The largest absolute Gasteiger partial charge is 0.396 e. The zero-order chi connectivity index (χ0) is 11.1. The van der Waals surface area contributed by atoms with Crippen LogP contribution in [0, 0.1) is 0 Å². The van der Waals surface area contributed by atoms with Crippen molar-refractivity contribution in [3.05, 3.63) is 36.7 Å². The van der Waals surface area contributed by atoms with Crippen LogP contribution in [-0.2, 0) is 0 Å². The minimum absolute atomic E-state index is 0.573. The summed E-state index contributed by atoms with van der Waals surface area (Å²) in [6.45, 7) is 0. The third kappa shape index (κ3) is 1.04. The van der Waals surface area contributed by atoms with E-state index < -0.39 is 0 Å². The van der Waals surface area contributed by atoms with Crippen molar-refractivity contribution in [2.75, 3.05) is 11.5 Å². The Morgan fingerprint density at radius 3 is 1.62 bits per heavy atom. The molecular weight excluding hydrogens is 200 g/mol. The van der Waals surface area contributed by atoms with E-state index in [1.165, 1.54) is 0 Å². The topological polar surface area (TPSA) is 77.8 Å². The normalized spacial score (nSPS) is 11.0. The smallest absolute Gasteiger partial charge is 0.0986 e. The maximum absolute atomic E-state index is 5.99. The van der Waals surface area contributed by atoms with Crippen molar-refractivity contribution >= 4 is 33.2 Å². The number of rotatable bonds is 0. The highest BCUT2D eigenvalue weighted by molar-refractivity contribution is 6.15. The number of pyridine rings is 2. The van der Waals surface area contributed by atoms with Crippen molar-refractivity contribution in [3.63, 3.8) is 0 Å². The van der Waals surface area contributed by atoms with E-state index in [1.807, 2.05) is 24.3 Å². The quantitative estimate of drug-likeness (QED) is 0.337. The number of hydrogen-bond acceptors (Lipinski definition) is 4. The van der Waals surface area contributed by atoms with Gasteiger partial charge in [0, 0.05) is 23.2 Å². The van der Waals surface area contributed by atoms with E-state index in [1.54, 1.807) is 12.4 Å². The highest BCUT2D eigenvalue weighted by Gasteiger charge is 2.10. The molecular formula is C12H10N4. The predicted octanol–water partition coefficient (Wildman–Crippen LogP) is 1.95. The monoisotopic (exact) mass is 210 g/mol. The van der Waals surface area contributed by atoms with Gasteiger partial charge in [0.15, 0.2) is 0 Å². The third-order valence-electron chi connectivity index (χ3n) is 2.71. The first kappa shape index (κ1) is 8.91. The average molecular weight is 210 g/mol. The number of nitrogen functional groups attached to an aromatic ring is 2. The molecule has 0 fully saturated rings. The molecule has 3 aromatic rings. The first-order valence-electron chi connectivity index (χ1n) is 4.95. The highest BCUT2D eigenvalue weighted by Crippen LogP contribution is 2.33. The lowest BCUT2D eigenvalue weighted by molar-refractivity contribution is 1.37. The minimum Gasteiger partial charge on any atom is -0.396 e. The Bertz CT molecular complexity index is 630. The average Bonchev–Trinajstić information content (AvgIpc) is 2.36. The fourth-order valence-corrected chi connectivity index (χ4v) is 1.91. The highest BCUT2D eigenvalue weighted by atomic mass is 14.8. The van der Waals surface area contributed by atoms with Gasteiger partial charge in [-0.1, -0.05) is 0 Å². The van der Waals surface area contributed by atoms with Gasteiger partial charge in [0.2, 0.25) is 0 Å². The van der Waals surface area contributed by atoms with Crippen LogP contribution in [-0.4, -0.2) is 9.97 Å². The van der Waals surface area contributed by atoms with Gasteiger partial charge in [-0.25, -0.2) is 0 Å². The Balaban J connectivity index is 2.69. The Kier molecular flexibility index (Phi) is 1.71. The molecule has 78 valence electrons. The summed E-state index contributed by atoms with van der Waals surface area (Å²) < 4.78 is 0. The zero-order valence-electron chi connectivity index (χ0n) is 8.51. The van der Waals surface area contributed by atoms with Crippen LogP contribution in [0.2, 0.25) is 0 Å². The maximum Gasteiger partial charge on any atom is 0.0986 e. The summed E-state index contributed by atoms with van der Waals surface area (Å²) in [6, 6.07) is 7.49. The lowest BCUT2D eigenvalue weighted by Crippen LogP contribution is -1.99. The summed E-state index contributed by atoms with van der Waals surface area (Å²) in [5, 5.41) is 1.71. The molecule has 0 aliphatic rings. The van der Waals surface area contributed by atoms with E-state index in [-0.39, 0.29) is 0 Å². The summed E-state index contributed by atoms with van der Waals surface area (Å²) in [6.07, 6.45) is 3.46. The molecule has 0 unspecified atom stereocenters. The second-order valence-electron chi connectivity index (χ2n) is 3.63. The molecule has 0 saturated heterocycles. The molecule has 16 heavy (non-hydrogen) atoms. The van der Waals surface area contributed by atoms with E-state index in [2.05, 4.69) is 9.97 Å². The lowest BCUT2D eigenvalue weighted by atomic mass is 10.1. The summed E-state index contributed by atoms with van der Waals surface area (Å²) in [5.74, 6) is 0. The van der Waals surface area contributed by atoms with Crippen LogP contribution in [0.4, 0.5) is 11.4 Å². The fraction of sp³-hybridized carbons (Fsp3) is 0. The minimum atomic E-state index is 0.573. The second-order valence-corrected chi connectivity index (χ2v) is 3.63.